The Morgan fingerprint density at radius 1 is 1.05 bits per heavy atom. The second kappa shape index (κ2) is 5.84. The Morgan fingerprint density at radius 3 is 2.41 bits per heavy atom. The standard InChI is InChI=1S/C14H10F2N4O2/c15-10-3-1-9(2-4-10)5-13-19-22-14(21)20(13)8-12-17-6-11(16)7-18-12/h1-4,6-7H,5,8H2. The van der Waals surface area contributed by atoms with E-state index in [0.29, 0.717) is 5.82 Å². The molecule has 0 N–H and O–H groups in total. The zero-order valence-corrected chi connectivity index (χ0v) is 11.2. The quantitative estimate of drug-likeness (QED) is 0.731. The van der Waals surface area contributed by atoms with Crippen LogP contribution >= 0.6 is 0 Å². The van der Waals surface area contributed by atoms with Crippen molar-refractivity contribution in [1.29, 1.82) is 0 Å². The highest BCUT2D eigenvalue weighted by molar-refractivity contribution is 5.19. The van der Waals surface area contributed by atoms with Crippen molar-refractivity contribution in [3.63, 3.8) is 0 Å². The number of hydrogen-bond acceptors (Lipinski definition) is 5. The zero-order valence-electron chi connectivity index (χ0n) is 11.2. The summed E-state index contributed by atoms with van der Waals surface area (Å²) in [6.07, 6.45) is 2.31. The van der Waals surface area contributed by atoms with Crippen molar-refractivity contribution in [3.8, 4) is 0 Å². The number of rotatable bonds is 4. The van der Waals surface area contributed by atoms with E-state index in [0.717, 1.165) is 18.0 Å². The molecule has 8 heteroatoms. The Morgan fingerprint density at radius 2 is 1.73 bits per heavy atom. The zero-order chi connectivity index (χ0) is 15.5. The van der Waals surface area contributed by atoms with Crippen LogP contribution in [0.4, 0.5) is 8.78 Å². The summed E-state index contributed by atoms with van der Waals surface area (Å²) in [6, 6.07) is 5.82. The van der Waals surface area contributed by atoms with Crippen molar-refractivity contribution in [2.24, 2.45) is 0 Å². The second-order valence-corrected chi connectivity index (χ2v) is 4.57. The molecule has 0 atom stereocenters. The molecule has 0 fully saturated rings. The summed E-state index contributed by atoms with van der Waals surface area (Å²) in [5.41, 5.74) is 0.767. The largest absolute Gasteiger partial charge is 0.442 e. The first kappa shape index (κ1) is 14.1. The molecule has 22 heavy (non-hydrogen) atoms. The molecule has 0 amide bonds. The maximum atomic E-state index is 12.9. The maximum Gasteiger partial charge on any atom is 0.442 e. The molecule has 0 radical (unpaired) electrons. The van der Waals surface area contributed by atoms with Crippen molar-refractivity contribution in [3.05, 3.63) is 76.1 Å². The summed E-state index contributed by atoms with van der Waals surface area (Å²) in [4.78, 5) is 19.3. The molecule has 0 saturated carbocycles. The number of benzene rings is 1. The Balaban J connectivity index is 1.85. The van der Waals surface area contributed by atoms with Crippen LogP contribution in [0.3, 0.4) is 0 Å². The third-order valence-electron chi connectivity index (χ3n) is 3.01. The summed E-state index contributed by atoms with van der Waals surface area (Å²) in [7, 11) is 0. The van der Waals surface area contributed by atoms with Crippen LogP contribution in [0, 0.1) is 11.6 Å². The van der Waals surface area contributed by atoms with E-state index in [-0.39, 0.29) is 24.6 Å². The fourth-order valence-corrected chi connectivity index (χ4v) is 1.93. The summed E-state index contributed by atoms with van der Waals surface area (Å²) in [5, 5.41) is 3.70. The van der Waals surface area contributed by atoms with E-state index in [1.807, 2.05) is 0 Å². The van der Waals surface area contributed by atoms with Gasteiger partial charge in [-0.05, 0) is 17.7 Å². The highest BCUT2D eigenvalue weighted by Gasteiger charge is 2.13. The third-order valence-corrected chi connectivity index (χ3v) is 3.01. The monoisotopic (exact) mass is 304 g/mol. The van der Waals surface area contributed by atoms with Gasteiger partial charge in [0.05, 0.1) is 18.9 Å². The van der Waals surface area contributed by atoms with Crippen molar-refractivity contribution >= 4 is 0 Å². The van der Waals surface area contributed by atoms with Crippen molar-refractivity contribution in [2.45, 2.75) is 13.0 Å². The van der Waals surface area contributed by atoms with Crippen LogP contribution < -0.4 is 5.76 Å². The van der Waals surface area contributed by atoms with Crippen LogP contribution in [0.5, 0.6) is 0 Å². The Hall–Kier alpha value is -2.90. The molecule has 2 heterocycles. The number of aromatic nitrogens is 4. The molecular formula is C14H10F2N4O2. The molecule has 0 aliphatic rings. The second-order valence-electron chi connectivity index (χ2n) is 4.57. The van der Waals surface area contributed by atoms with E-state index < -0.39 is 11.6 Å². The van der Waals surface area contributed by atoms with Crippen LogP contribution in [-0.2, 0) is 13.0 Å². The SMILES string of the molecule is O=c1onc(Cc2ccc(F)cc2)n1Cc1ncc(F)cn1. The van der Waals surface area contributed by atoms with E-state index in [2.05, 4.69) is 19.6 Å². The summed E-state index contributed by atoms with van der Waals surface area (Å²) >= 11 is 0. The van der Waals surface area contributed by atoms with Crippen LogP contribution in [0.15, 0.2) is 46.0 Å². The first-order chi connectivity index (χ1) is 10.6. The van der Waals surface area contributed by atoms with Crippen LogP contribution in [0.2, 0.25) is 0 Å². The number of halogens is 2. The molecular weight excluding hydrogens is 294 g/mol. The molecule has 0 aliphatic heterocycles. The highest BCUT2D eigenvalue weighted by Crippen LogP contribution is 2.09. The van der Waals surface area contributed by atoms with Gasteiger partial charge in [0.25, 0.3) is 0 Å². The molecule has 0 bridgehead atoms. The molecule has 0 unspecified atom stereocenters. The minimum absolute atomic E-state index is 0.0130. The molecule has 112 valence electrons. The first-order valence-electron chi connectivity index (χ1n) is 6.38. The summed E-state index contributed by atoms with van der Waals surface area (Å²) in [5.74, 6) is -0.962. The lowest BCUT2D eigenvalue weighted by molar-refractivity contribution is 0.374. The van der Waals surface area contributed by atoms with E-state index in [4.69, 9.17) is 0 Å². The lowest BCUT2D eigenvalue weighted by Crippen LogP contribution is -2.19. The normalized spacial score (nSPS) is 10.8. The van der Waals surface area contributed by atoms with Crippen LogP contribution in [0.25, 0.3) is 0 Å². The van der Waals surface area contributed by atoms with Gasteiger partial charge in [-0.3, -0.25) is 9.09 Å². The predicted molar refractivity (Wildman–Crippen MR) is 71.1 cm³/mol. The van der Waals surface area contributed by atoms with Gasteiger partial charge in [0.1, 0.15) is 11.6 Å². The van der Waals surface area contributed by atoms with Gasteiger partial charge in [-0.1, -0.05) is 17.3 Å². The van der Waals surface area contributed by atoms with Gasteiger partial charge in [-0.25, -0.2) is 23.5 Å². The summed E-state index contributed by atoms with van der Waals surface area (Å²) < 4.78 is 31.6. The summed E-state index contributed by atoms with van der Waals surface area (Å²) in [6.45, 7) is 0.0130. The maximum absolute atomic E-state index is 12.9. The van der Waals surface area contributed by atoms with E-state index in [1.165, 1.54) is 16.7 Å². The smallest absolute Gasteiger partial charge is 0.296 e. The van der Waals surface area contributed by atoms with Gasteiger partial charge in [-0.15, -0.1) is 0 Å². The van der Waals surface area contributed by atoms with Crippen molar-refractivity contribution in [1.82, 2.24) is 19.7 Å². The average Bonchev–Trinajstić information content (AvgIpc) is 2.85. The first-order valence-corrected chi connectivity index (χ1v) is 6.38. The van der Waals surface area contributed by atoms with Crippen molar-refractivity contribution < 1.29 is 13.3 Å². The van der Waals surface area contributed by atoms with Gasteiger partial charge < -0.3 is 0 Å². The average molecular weight is 304 g/mol. The molecule has 3 rings (SSSR count). The fraction of sp³-hybridized carbons (Fsp3) is 0.143. The van der Waals surface area contributed by atoms with Gasteiger partial charge in [0, 0.05) is 6.42 Å². The van der Waals surface area contributed by atoms with Gasteiger partial charge in [-0.2, -0.15) is 0 Å². The molecule has 3 aromatic rings. The Bertz CT molecular complexity index is 825. The van der Waals surface area contributed by atoms with Crippen LogP contribution in [0.1, 0.15) is 17.2 Å². The molecule has 2 aromatic heterocycles. The topological polar surface area (TPSA) is 73.8 Å². The van der Waals surface area contributed by atoms with E-state index in [9.17, 15) is 13.6 Å². The minimum atomic E-state index is -0.662. The fourth-order valence-electron chi connectivity index (χ4n) is 1.93. The molecule has 0 spiro atoms. The highest BCUT2D eigenvalue weighted by atomic mass is 19.1. The number of nitrogens with zero attached hydrogens (tertiary/aromatic N) is 4. The Labute approximate surface area is 123 Å². The van der Waals surface area contributed by atoms with Gasteiger partial charge >= 0.3 is 5.76 Å². The molecule has 0 aliphatic carbocycles. The third kappa shape index (κ3) is 3.05. The predicted octanol–water partition coefficient (Wildman–Crippen LogP) is 1.54. The van der Waals surface area contributed by atoms with Gasteiger partial charge in [0.2, 0.25) is 0 Å². The van der Waals surface area contributed by atoms with Crippen LogP contribution in [-0.4, -0.2) is 19.7 Å². The lowest BCUT2D eigenvalue weighted by Gasteiger charge is -2.04. The van der Waals surface area contributed by atoms with E-state index in [1.54, 1.807) is 12.1 Å². The molecule has 6 nitrogen and oxygen atoms in total. The van der Waals surface area contributed by atoms with Crippen molar-refractivity contribution in [2.75, 3.05) is 0 Å². The van der Waals surface area contributed by atoms with E-state index >= 15 is 0 Å². The molecule has 0 saturated heterocycles. The van der Waals surface area contributed by atoms with Gasteiger partial charge in [0.15, 0.2) is 11.6 Å². The number of hydrogen-bond donors (Lipinski definition) is 0. The Kier molecular flexibility index (Phi) is 3.73. The minimum Gasteiger partial charge on any atom is -0.296 e. The molecule has 1 aromatic carbocycles. The lowest BCUT2D eigenvalue weighted by atomic mass is 10.1.